The van der Waals surface area contributed by atoms with E-state index in [1.54, 1.807) is 43.5 Å². The monoisotopic (exact) mass is 486 g/mol. The minimum absolute atomic E-state index is 0.118. The van der Waals surface area contributed by atoms with Gasteiger partial charge in [0, 0.05) is 17.3 Å². The molecule has 3 aromatic rings. The van der Waals surface area contributed by atoms with E-state index in [1.807, 2.05) is 25.1 Å². The van der Waals surface area contributed by atoms with Crippen LogP contribution in [-0.2, 0) is 14.8 Å². The number of sulfonamides is 1. The Morgan fingerprint density at radius 2 is 1.67 bits per heavy atom. The van der Waals surface area contributed by atoms with Crippen LogP contribution in [-0.4, -0.2) is 28.5 Å². The van der Waals surface area contributed by atoms with Crippen molar-refractivity contribution in [3.8, 4) is 11.5 Å². The maximum Gasteiger partial charge on any atom is 0.265 e. The summed E-state index contributed by atoms with van der Waals surface area (Å²) in [7, 11) is -1.14. The Labute approximate surface area is 198 Å². The van der Waals surface area contributed by atoms with Crippen LogP contribution in [0.4, 0.5) is 11.4 Å². The SMILES string of the molecule is COc1ccc(C)cc1/C=C/C(=O)Nc1ccc(OC)c(S(=O)(=O)Nc2ccccc2Cl)c1. The number of rotatable bonds is 8. The third-order valence-corrected chi connectivity index (χ3v) is 6.35. The number of ether oxygens (including phenoxy) is 2. The highest BCUT2D eigenvalue weighted by Gasteiger charge is 2.21. The minimum Gasteiger partial charge on any atom is -0.496 e. The van der Waals surface area contributed by atoms with Crippen molar-refractivity contribution in [2.45, 2.75) is 11.8 Å². The average Bonchev–Trinajstić information content (AvgIpc) is 2.79. The van der Waals surface area contributed by atoms with Crippen molar-refractivity contribution >= 4 is 45.0 Å². The van der Waals surface area contributed by atoms with E-state index >= 15 is 0 Å². The molecule has 0 radical (unpaired) electrons. The largest absolute Gasteiger partial charge is 0.496 e. The highest BCUT2D eigenvalue weighted by Crippen LogP contribution is 2.31. The Morgan fingerprint density at radius 3 is 2.36 bits per heavy atom. The van der Waals surface area contributed by atoms with Gasteiger partial charge in [-0.1, -0.05) is 35.4 Å². The number of anilines is 2. The molecule has 0 bridgehead atoms. The summed E-state index contributed by atoms with van der Waals surface area (Å²) >= 11 is 6.08. The fraction of sp³-hybridized carbons (Fsp3) is 0.125. The lowest BCUT2D eigenvalue weighted by molar-refractivity contribution is -0.111. The molecule has 9 heteroatoms. The third kappa shape index (κ3) is 6.06. The first kappa shape index (κ1) is 24.2. The van der Waals surface area contributed by atoms with Crippen LogP contribution in [0.5, 0.6) is 11.5 Å². The number of hydrogen-bond acceptors (Lipinski definition) is 5. The number of nitrogens with one attached hydrogen (secondary N) is 2. The Balaban J connectivity index is 1.84. The van der Waals surface area contributed by atoms with Gasteiger partial charge in [-0.25, -0.2) is 8.42 Å². The maximum atomic E-state index is 13.0. The summed E-state index contributed by atoms with van der Waals surface area (Å²) in [5, 5.41) is 2.91. The van der Waals surface area contributed by atoms with Crippen LogP contribution in [0.3, 0.4) is 0 Å². The van der Waals surface area contributed by atoms with Gasteiger partial charge in [-0.15, -0.1) is 0 Å². The second-order valence-electron chi connectivity index (χ2n) is 7.02. The standard InChI is InChI=1S/C24H23ClN2O5S/c1-16-8-11-21(31-2)17(14-16)9-13-24(28)26-18-10-12-22(32-3)23(15-18)33(29,30)27-20-7-5-4-6-19(20)25/h4-15,27H,1-3H3,(H,26,28)/b13-9+. The molecular formula is C24H23ClN2O5S. The van der Waals surface area contributed by atoms with Crippen LogP contribution >= 0.6 is 11.6 Å². The molecule has 0 heterocycles. The zero-order valence-corrected chi connectivity index (χ0v) is 19.8. The molecule has 1 amide bonds. The second-order valence-corrected chi connectivity index (χ2v) is 9.08. The molecular weight excluding hydrogens is 464 g/mol. The van der Waals surface area contributed by atoms with Gasteiger partial charge in [-0.2, -0.15) is 0 Å². The van der Waals surface area contributed by atoms with Gasteiger partial charge in [0.2, 0.25) is 5.91 Å². The Morgan fingerprint density at radius 1 is 0.970 bits per heavy atom. The molecule has 0 aliphatic rings. The highest BCUT2D eigenvalue weighted by atomic mass is 35.5. The van der Waals surface area contributed by atoms with Gasteiger partial charge in [0.15, 0.2) is 0 Å². The third-order valence-electron chi connectivity index (χ3n) is 4.64. The minimum atomic E-state index is -4.05. The molecule has 2 N–H and O–H groups in total. The Kier molecular flexibility index (Phi) is 7.63. The molecule has 7 nitrogen and oxygen atoms in total. The molecule has 0 unspecified atom stereocenters. The Bertz CT molecular complexity index is 1310. The predicted molar refractivity (Wildman–Crippen MR) is 131 cm³/mol. The number of carbonyl (C=O) groups excluding carboxylic acids is 1. The molecule has 3 aromatic carbocycles. The van der Waals surface area contributed by atoms with Gasteiger partial charge in [0.05, 0.1) is 24.9 Å². The lowest BCUT2D eigenvalue weighted by atomic mass is 10.1. The van der Waals surface area contributed by atoms with Crippen LogP contribution in [0.25, 0.3) is 6.08 Å². The van der Waals surface area contributed by atoms with Crippen molar-refractivity contribution in [2.75, 3.05) is 24.3 Å². The fourth-order valence-electron chi connectivity index (χ4n) is 3.04. The van der Waals surface area contributed by atoms with Gasteiger partial charge >= 0.3 is 0 Å². The molecule has 3 rings (SSSR count). The first-order valence-corrected chi connectivity index (χ1v) is 11.7. The summed E-state index contributed by atoms with van der Waals surface area (Å²) in [6.07, 6.45) is 2.97. The quantitative estimate of drug-likeness (QED) is 0.431. The number of amides is 1. The molecule has 0 saturated heterocycles. The van der Waals surface area contributed by atoms with E-state index in [2.05, 4.69) is 10.0 Å². The summed E-state index contributed by atoms with van der Waals surface area (Å²) in [6.45, 7) is 1.94. The number of para-hydroxylation sites is 1. The smallest absolute Gasteiger partial charge is 0.265 e. The van der Waals surface area contributed by atoms with Crippen molar-refractivity contribution in [3.05, 3.63) is 82.9 Å². The van der Waals surface area contributed by atoms with E-state index in [-0.39, 0.29) is 27.0 Å². The van der Waals surface area contributed by atoms with Crippen molar-refractivity contribution in [3.63, 3.8) is 0 Å². The number of hydrogen-bond donors (Lipinski definition) is 2. The van der Waals surface area contributed by atoms with Crippen molar-refractivity contribution < 1.29 is 22.7 Å². The zero-order chi connectivity index (χ0) is 24.0. The predicted octanol–water partition coefficient (Wildman–Crippen LogP) is 5.12. The molecule has 0 spiro atoms. The lowest BCUT2D eigenvalue weighted by Gasteiger charge is -2.14. The van der Waals surface area contributed by atoms with Gasteiger partial charge < -0.3 is 14.8 Å². The van der Waals surface area contributed by atoms with Crippen LogP contribution in [0.1, 0.15) is 11.1 Å². The first-order valence-electron chi connectivity index (χ1n) is 9.82. The van der Waals surface area contributed by atoms with E-state index in [9.17, 15) is 13.2 Å². The summed E-state index contributed by atoms with van der Waals surface area (Å²) in [4.78, 5) is 12.3. The van der Waals surface area contributed by atoms with Crippen LogP contribution in [0.2, 0.25) is 5.02 Å². The van der Waals surface area contributed by atoms with Crippen LogP contribution in [0, 0.1) is 6.92 Å². The molecule has 172 valence electrons. The maximum absolute atomic E-state index is 13.0. The molecule has 0 aromatic heterocycles. The Hall–Kier alpha value is -3.49. The fourth-order valence-corrected chi connectivity index (χ4v) is 4.56. The summed E-state index contributed by atoms with van der Waals surface area (Å²) < 4.78 is 38.9. The van der Waals surface area contributed by atoms with E-state index < -0.39 is 15.9 Å². The normalized spacial score (nSPS) is 11.3. The second kappa shape index (κ2) is 10.4. The number of carbonyl (C=O) groups is 1. The van der Waals surface area contributed by atoms with Crippen molar-refractivity contribution in [2.24, 2.45) is 0 Å². The number of methoxy groups -OCH3 is 2. The average molecular weight is 487 g/mol. The molecule has 0 fully saturated rings. The summed E-state index contributed by atoms with van der Waals surface area (Å²) in [5.74, 6) is 0.312. The van der Waals surface area contributed by atoms with E-state index in [0.717, 1.165) is 11.1 Å². The van der Waals surface area contributed by atoms with Crippen molar-refractivity contribution in [1.29, 1.82) is 0 Å². The molecule has 0 aliphatic carbocycles. The summed E-state index contributed by atoms with van der Waals surface area (Å²) in [5.41, 5.74) is 2.27. The van der Waals surface area contributed by atoms with Gasteiger partial charge in [0.25, 0.3) is 10.0 Å². The lowest BCUT2D eigenvalue weighted by Crippen LogP contribution is -2.15. The van der Waals surface area contributed by atoms with Gasteiger partial charge in [-0.3, -0.25) is 9.52 Å². The molecule has 0 saturated carbocycles. The molecule has 0 aliphatic heterocycles. The van der Waals surface area contributed by atoms with Gasteiger partial charge in [0.1, 0.15) is 16.4 Å². The van der Waals surface area contributed by atoms with E-state index in [1.165, 1.54) is 25.3 Å². The number of benzene rings is 3. The number of halogens is 1. The first-order chi connectivity index (χ1) is 15.7. The molecule has 33 heavy (non-hydrogen) atoms. The van der Waals surface area contributed by atoms with Gasteiger partial charge in [-0.05, 0) is 55.5 Å². The van der Waals surface area contributed by atoms with Crippen molar-refractivity contribution in [1.82, 2.24) is 0 Å². The number of aryl methyl sites for hydroxylation is 1. The van der Waals surface area contributed by atoms with E-state index in [4.69, 9.17) is 21.1 Å². The van der Waals surface area contributed by atoms with Crippen LogP contribution < -0.4 is 19.5 Å². The zero-order valence-electron chi connectivity index (χ0n) is 18.3. The summed E-state index contributed by atoms with van der Waals surface area (Å²) in [6, 6.07) is 16.4. The topological polar surface area (TPSA) is 93.7 Å². The molecule has 0 atom stereocenters. The van der Waals surface area contributed by atoms with E-state index in [0.29, 0.717) is 5.75 Å². The highest BCUT2D eigenvalue weighted by molar-refractivity contribution is 7.92. The van der Waals surface area contributed by atoms with Crippen LogP contribution in [0.15, 0.2) is 71.6 Å².